The van der Waals surface area contributed by atoms with Crippen LogP contribution in [0, 0.1) is 13.8 Å². The van der Waals surface area contributed by atoms with Crippen LogP contribution < -0.4 is 9.64 Å². The zero-order valence-electron chi connectivity index (χ0n) is 24.2. The molecule has 1 aromatic heterocycles. The number of aromatic nitrogens is 3. The lowest BCUT2D eigenvalue weighted by atomic mass is 9.96. The number of carbonyl (C=O) groups excluding carboxylic acids is 2. The number of aryl methyl sites for hydroxylation is 2. The van der Waals surface area contributed by atoms with E-state index in [4.69, 9.17) is 0 Å². The van der Waals surface area contributed by atoms with Gasteiger partial charge in [0.2, 0.25) is 5.91 Å². The lowest BCUT2D eigenvalue weighted by molar-refractivity contribution is -0.274. The molecule has 0 radical (unpaired) electrons. The first-order valence-corrected chi connectivity index (χ1v) is 14.5. The zero-order valence-corrected chi connectivity index (χ0v) is 25.0. The first-order valence-electron chi connectivity index (χ1n) is 13.5. The van der Waals surface area contributed by atoms with Crippen LogP contribution in [-0.2, 0) is 4.79 Å². The number of alkyl halides is 3. The number of ether oxygens (including phenoxy) is 1. The monoisotopic (exact) mass is 620 g/mol. The van der Waals surface area contributed by atoms with Crippen LogP contribution in [0.25, 0.3) is 17.1 Å². The van der Waals surface area contributed by atoms with Gasteiger partial charge in [-0.2, -0.15) is 4.99 Å². The van der Waals surface area contributed by atoms with Crippen LogP contribution in [0.4, 0.5) is 23.7 Å². The van der Waals surface area contributed by atoms with Gasteiger partial charge in [-0.15, -0.1) is 18.3 Å². The number of rotatable bonds is 6. The number of para-hydroxylation sites is 1. The Hall–Kier alpha value is -4.78. The van der Waals surface area contributed by atoms with E-state index in [0.29, 0.717) is 22.4 Å². The fourth-order valence-electron chi connectivity index (χ4n) is 4.66. The van der Waals surface area contributed by atoms with Crippen molar-refractivity contribution in [1.82, 2.24) is 14.8 Å². The van der Waals surface area contributed by atoms with E-state index < -0.39 is 12.4 Å². The largest absolute Gasteiger partial charge is 0.573 e. The second-order valence-electron chi connectivity index (χ2n) is 10.1. The summed E-state index contributed by atoms with van der Waals surface area (Å²) in [4.78, 5) is 39.7. The summed E-state index contributed by atoms with van der Waals surface area (Å²) in [5, 5.41) is 4.74. The zero-order chi connectivity index (χ0) is 31.6. The maximum absolute atomic E-state index is 12.8. The Morgan fingerprint density at radius 1 is 1.02 bits per heavy atom. The van der Waals surface area contributed by atoms with Crippen molar-refractivity contribution in [2.75, 3.05) is 10.7 Å². The molecule has 0 spiro atoms. The third-order valence-electron chi connectivity index (χ3n) is 7.01. The Morgan fingerprint density at radius 2 is 1.68 bits per heavy atom. The van der Waals surface area contributed by atoms with Crippen molar-refractivity contribution in [1.29, 1.82) is 0 Å². The number of nitrogens with zero attached hydrogens (tertiary/aromatic N) is 6. The van der Waals surface area contributed by atoms with Crippen LogP contribution >= 0.6 is 11.8 Å². The van der Waals surface area contributed by atoms with Gasteiger partial charge in [-0.05, 0) is 61.7 Å². The molecule has 0 N–H and O–H groups in total. The van der Waals surface area contributed by atoms with Crippen molar-refractivity contribution >= 4 is 40.3 Å². The van der Waals surface area contributed by atoms with Crippen LogP contribution in [0.15, 0.2) is 83.0 Å². The average Bonchev–Trinajstić information content (AvgIpc) is 3.60. The minimum Gasteiger partial charge on any atom is -0.406 e. The number of hydrogen-bond acceptors (Lipinski definition) is 6. The third-order valence-corrected chi connectivity index (χ3v) is 7.94. The summed E-state index contributed by atoms with van der Waals surface area (Å²) in [5.41, 5.74) is 5.25. The summed E-state index contributed by atoms with van der Waals surface area (Å²) in [7, 11) is 0. The topological polar surface area (TPSA) is 102 Å². The highest BCUT2D eigenvalue weighted by molar-refractivity contribution is 8.15. The van der Waals surface area contributed by atoms with Crippen LogP contribution in [0.2, 0.25) is 0 Å². The molecular weight excluding hydrogens is 593 g/mol. The molecule has 0 bridgehead atoms. The van der Waals surface area contributed by atoms with Crippen molar-refractivity contribution < 1.29 is 27.5 Å². The Balaban J connectivity index is 1.27. The van der Waals surface area contributed by atoms with E-state index in [1.54, 1.807) is 6.92 Å². The summed E-state index contributed by atoms with van der Waals surface area (Å²) in [5.74, 6) is -0.0503. The van der Waals surface area contributed by atoms with Gasteiger partial charge in [-0.3, -0.25) is 9.69 Å². The van der Waals surface area contributed by atoms with Crippen LogP contribution in [0.3, 0.4) is 0 Å². The number of thioether (sulfide) groups is 1. The second-order valence-corrected chi connectivity index (χ2v) is 11.0. The first-order chi connectivity index (χ1) is 20.9. The van der Waals surface area contributed by atoms with Gasteiger partial charge >= 0.3 is 12.4 Å². The number of benzene rings is 3. The number of anilines is 1. The summed E-state index contributed by atoms with van der Waals surface area (Å²) in [6.45, 7) is 7.49. The Kier molecular flexibility index (Phi) is 8.68. The van der Waals surface area contributed by atoms with Gasteiger partial charge in [0.15, 0.2) is 11.0 Å². The molecule has 1 aliphatic heterocycles. The maximum atomic E-state index is 12.8. The highest BCUT2D eigenvalue weighted by Crippen LogP contribution is 2.32. The van der Waals surface area contributed by atoms with E-state index >= 15 is 0 Å². The quantitative estimate of drug-likeness (QED) is 0.210. The van der Waals surface area contributed by atoms with E-state index in [1.807, 2.05) is 63.2 Å². The van der Waals surface area contributed by atoms with E-state index in [9.17, 15) is 22.8 Å². The number of carbonyl (C=O) groups is 2. The van der Waals surface area contributed by atoms with Gasteiger partial charge in [0.25, 0.3) is 0 Å². The molecule has 2 heterocycles. The molecule has 3 aromatic carbocycles. The molecule has 5 rings (SSSR count). The predicted molar refractivity (Wildman–Crippen MR) is 164 cm³/mol. The minimum atomic E-state index is -4.76. The van der Waals surface area contributed by atoms with E-state index in [2.05, 4.69) is 24.8 Å². The fraction of sp³-hybridized carbons (Fsp3) is 0.226. The molecule has 44 heavy (non-hydrogen) atoms. The number of hydrogen-bond donors (Lipinski definition) is 0. The van der Waals surface area contributed by atoms with Gasteiger partial charge in [-0.1, -0.05) is 61.2 Å². The molecule has 13 heteroatoms. The average molecular weight is 621 g/mol. The standard InChI is InChI=1S/C31H27F3N6O3S/c1-18-6-5-7-19(2)27(18)40-26(41)16-44-30(40)37-29(42)36-21(4)20(3)22-8-10-23(11-9-22)28-35-17-39(38-28)24-12-14-25(15-13-24)43-31(32,33)34/h5-15,17,20H,16H2,1-4H3. The van der Waals surface area contributed by atoms with E-state index in [1.165, 1.54) is 51.9 Å². The van der Waals surface area contributed by atoms with Crippen molar-refractivity contribution in [3.63, 3.8) is 0 Å². The highest BCUT2D eigenvalue weighted by Gasteiger charge is 2.33. The van der Waals surface area contributed by atoms with Crippen molar-refractivity contribution in [2.45, 2.75) is 40.0 Å². The smallest absolute Gasteiger partial charge is 0.406 e. The van der Waals surface area contributed by atoms with Crippen LogP contribution in [0.1, 0.15) is 36.5 Å². The highest BCUT2D eigenvalue weighted by atomic mass is 32.2. The number of urea groups is 1. The Bertz CT molecular complexity index is 1750. The van der Waals surface area contributed by atoms with Crippen molar-refractivity contribution in [2.24, 2.45) is 9.98 Å². The normalized spacial score (nSPS) is 15.6. The van der Waals surface area contributed by atoms with Crippen molar-refractivity contribution in [3.05, 3.63) is 89.7 Å². The molecule has 226 valence electrons. The number of amidine groups is 1. The summed E-state index contributed by atoms with van der Waals surface area (Å²) in [6.07, 6.45) is -3.30. The molecule has 4 aromatic rings. The molecule has 0 aliphatic carbocycles. The Morgan fingerprint density at radius 3 is 2.32 bits per heavy atom. The summed E-state index contributed by atoms with van der Waals surface area (Å²) in [6, 6.07) is 17.8. The van der Waals surface area contributed by atoms with Gasteiger partial charge in [0.05, 0.1) is 17.1 Å². The van der Waals surface area contributed by atoms with Crippen LogP contribution in [0.5, 0.6) is 5.75 Å². The molecule has 9 nitrogen and oxygen atoms in total. The molecule has 1 atom stereocenters. The molecule has 1 saturated heterocycles. The molecule has 1 fully saturated rings. The predicted octanol–water partition coefficient (Wildman–Crippen LogP) is 7.27. The van der Waals surface area contributed by atoms with E-state index in [-0.39, 0.29) is 23.3 Å². The van der Waals surface area contributed by atoms with Crippen LogP contribution in [-0.4, -0.2) is 49.7 Å². The van der Waals surface area contributed by atoms with E-state index in [0.717, 1.165) is 27.9 Å². The minimum absolute atomic E-state index is 0.138. The Labute approximate surface area is 255 Å². The number of aliphatic imine (C=N–C) groups is 2. The van der Waals surface area contributed by atoms with Gasteiger partial charge < -0.3 is 4.74 Å². The first kappa shape index (κ1) is 30.7. The molecule has 1 unspecified atom stereocenters. The maximum Gasteiger partial charge on any atom is 0.573 e. The van der Waals surface area contributed by atoms with Gasteiger partial charge in [0, 0.05) is 17.2 Å². The second kappa shape index (κ2) is 12.4. The molecular formula is C31H27F3N6O3S. The van der Waals surface area contributed by atoms with Crippen molar-refractivity contribution in [3.8, 4) is 22.8 Å². The molecule has 0 saturated carbocycles. The SMILES string of the molecule is CC(=NC(=O)N=C1SCC(=O)N1c1c(C)cccc1C)C(C)c1ccc(-c2ncn(-c3ccc(OC(F)(F)F)cc3)n2)cc1. The summed E-state index contributed by atoms with van der Waals surface area (Å²) >= 11 is 1.21. The van der Waals surface area contributed by atoms with Gasteiger partial charge in [0.1, 0.15) is 12.1 Å². The fourth-order valence-corrected chi connectivity index (χ4v) is 5.51. The number of amides is 3. The molecule has 3 amide bonds. The molecule has 1 aliphatic rings. The third kappa shape index (κ3) is 6.88. The summed E-state index contributed by atoms with van der Waals surface area (Å²) < 4.78 is 42.6. The lowest BCUT2D eigenvalue weighted by Gasteiger charge is -2.20. The lowest BCUT2D eigenvalue weighted by Crippen LogP contribution is -2.31. The van der Waals surface area contributed by atoms with Gasteiger partial charge in [-0.25, -0.2) is 19.5 Å². The number of halogens is 3.